The summed E-state index contributed by atoms with van der Waals surface area (Å²) >= 11 is 7.47. The Bertz CT molecular complexity index is 629. The quantitative estimate of drug-likeness (QED) is 0.552. The average Bonchev–Trinajstić information content (AvgIpc) is 2.56. The summed E-state index contributed by atoms with van der Waals surface area (Å²) in [6.45, 7) is -0.501. The van der Waals surface area contributed by atoms with E-state index in [1.165, 1.54) is 24.9 Å². The van der Waals surface area contributed by atoms with Crippen molar-refractivity contribution in [2.24, 2.45) is 5.73 Å². The summed E-state index contributed by atoms with van der Waals surface area (Å²) in [7, 11) is 1.48. The van der Waals surface area contributed by atoms with Crippen LogP contribution >= 0.6 is 23.4 Å². The largest absolute Gasteiger partial charge is 0.495 e. The van der Waals surface area contributed by atoms with E-state index in [1.54, 1.807) is 12.1 Å². The lowest BCUT2D eigenvalue weighted by atomic mass is 10.2. The molecule has 1 atom stereocenters. The Morgan fingerprint density at radius 1 is 1.36 bits per heavy atom. The number of nitrogens with one attached hydrogen (secondary N) is 2. The molecule has 25 heavy (non-hydrogen) atoms. The smallest absolute Gasteiger partial charge is 0.329 e. The van der Waals surface area contributed by atoms with Crippen molar-refractivity contribution in [3.63, 3.8) is 0 Å². The Kier molecular flexibility index (Phi) is 8.93. The molecule has 0 unspecified atom stereocenters. The molecule has 4 N–H and O–H groups in total. The van der Waals surface area contributed by atoms with Crippen molar-refractivity contribution in [3.05, 3.63) is 23.2 Å². The number of carbonyl (C=O) groups excluding carboxylic acids is 3. The van der Waals surface area contributed by atoms with Crippen LogP contribution in [0.25, 0.3) is 0 Å². The number of anilines is 1. The Labute approximate surface area is 154 Å². The zero-order valence-corrected chi connectivity index (χ0v) is 15.4. The van der Waals surface area contributed by atoms with Gasteiger partial charge in [-0.2, -0.15) is 11.8 Å². The molecule has 1 rings (SSSR count). The second kappa shape index (κ2) is 10.7. The van der Waals surface area contributed by atoms with Gasteiger partial charge in [-0.15, -0.1) is 0 Å². The van der Waals surface area contributed by atoms with Crippen molar-refractivity contribution in [1.29, 1.82) is 0 Å². The summed E-state index contributed by atoms with van der Waals surface area (Å²) in [5, 5.41) is 5.17. The van der Waals surface area contributed by atoms with Gasteiger partial charge >= 0.3 is 12.0 Å². The summed E-state index contributed by atoms with van der Waals surface area (Å²) in [5.74, 6) is -0.176. The van der Waals surface area contributed by atoms with Gasteiger partial charge in [0.15, 0.2) is 6.61 Å². The van der Waals surface area contributed by atoms with Crippen LogP contribution in [0.1, 0.15) is 6.42 Å². The Morgan fingerprint density at radius 3 is 2.64 bits per heavy atom. The highest BCUT2D eigenvalue weighted by atomic mass is 35.5. The Hall–Kier alpha value is -2.13. The zero-order valence-electron chi connectivity index (χ0n) is 13.8. The minimum absolute atomic E-state index is 0.333. The first-order valence-electron chi connectivity index (χ1n) is 7.22. The summed E-state index contributed by atoms with van der Waals surface area (Å²) in [5.41, 5.74) is 5.46. The second-order valence-corrected chi connectivity index (χ2v) is 6.24. The van der Waals surface area contributed by atoms with Crippen LogP contribution in [0.5, 0.6) is 5.75 Å². The number of hydrogen-bond acceptors (Lipinski definition) is 6. The molecule has 0 heterocycles. The third kappa shape index (κ3) is 7.53. The lowest BCUT2D eigenvalue weighted by Gasteiger charge is -2.16. The van der Waals surface area contributed by atoms with E-state index in [-0.39, 0.29) is 0 Å². The van der Waals surface area contributed by atoms with Gasteiger partial charge in [-0.1, -0.05) is 11.6 Å². The normalized spacial score (nSPS) is 11.3. The van der Waals surface area contributed by atoms with Crippen molar-refractivity contribution >= 4 is 47.0 Å². The van der Waals surface area contributed by atoms with Crippen LogP contribution in [-0.4, -0.2) is 49.7 Å². The van der Waals surface area contributed by atoms with Crippen LogP contribution in [0.2, 0.25) is 5.02 Å². The summed E-state index contributed by atoms with van der Waals surface area (Å²) in [6, 6.07) is 2.98. The minimum atomic E-state index is -0.895. The van der Waals surface area contributed by atoms with Gasteiger partial charge in [0.05, 0.1) is 12.1 Å². The van der Waals surface area contributed by atoms with E-state index in [4.69, 9.17) is 26.8 Å². The molecular formula is C15H20ClN3O5S. The topological polar surface area (TPSA) is 120 Å². The van der Waals surface area contributed by atoms with Gasteiger partial charge in [0.25, 0.3) is 5.91 Å². The van der Waals surface area contributed by atoms with Gasteiger partial charge in [0.1, 0.15) is 11.8 Å². The van der Waals surface area contributed by atoms with E-state index in [2.05, 4.69) is 10.6 Å². The fourth-order valence-electron chi connectivity index (χ4n) is 1.83. The molecule has 0 saturated heterocycles. The van der Waals surface area contributed by atoms with E-state index in [0.717, 1.165) is 0 Å². The molecule has 1 aromatic carbocycles. The van der Waals surface area contributed by atoms with Crippen molar-refractivity contribution in [2.75, 3.05) is 31.0 Å². The van der Waals surface area contributed by atoms with Crippen LogP contribution in [0, 0.1) is 0 Å². The number of ether oxygens (including phenoxy) is 2. The van der Waals surface area contributed by atoms with Crippen LogP contribution in [0.4, 0.5) is 10.5 Å². The molecule has 0 aliphatic carbocycles. The average molecular weight is 390 g/mol. The first kappa shape index (κ1) is 20.9. The first-order valence-corrected chi connectivity index (χ1v) is 8.99. The van der Waals surface area contributed by atoms with E-state index in [1.807, 2.05) is 6.26 Å². The van der Waals surface area contributed by atoms with Crippen molar-refractivity contribution in [2.45, 2.75) is 12.5 Å². The zero-order chi connectivity index (χ0) is 18.8. The number of thioether (sulfide) groups is 1. The fraction of sp³-hybridized carbons (Fsp3) is 0.400. The minimum Gasteiger partial charge on any atom is -0.495 e. The molecule has 0 aliphatic rings. The maximum Gasteiger partial charge on any atom is 0.329 e. The van der Waals surface area contributed by atoms with Crippen molar-refractivity contribution < 1.29 is 23.9 Å². The maximum absolute atomic E-state index is 12.0. The van der Waals surface area contributed by atoms with E-state index in [9.17, 15) is 14.4 Å². The highest BCUT2D eigenvalue weighted by Crippen LogP contribution is 2.27. The number of urea groups is 1. The number of amides is 3. The van der Waals surface area contributed by atoms with Crippen LogP contribution in [0.3, 0.4) is 0 Å². The molecule has 10 heteroatoms. The molecule has 0 saturated carbocycles. The van der Waals surface area contributed by atoms with Gasteiger partial charge in [-0.25, -0.2) is 9.59 Å². The van der Waals surface area contributed by atoms with Gasteiger partial charge in [0, 0.05) is 5.69 Å². The van der Waals surface area contributed by atoms with Crippen molar-refractivity contribution in [3.8, 4) is 5.75 Å². The SMILES string of the molecule is COc1ccc(NC(=O)COC(=O)[C@H](CCSC)NC(N)=O)cc1Cl. The van der Waals surface area contributed by atoms with Crippen LogP contribution in [0.15, 0.2) is 18.2 Å². The molecule has 3 amide bonds. The maximum atomic E-state index is 12.0. The third-order valence-electron chi connectivity index (χ3n) is 2.99. The highest BCUT2D eigenvalue weighted by Gasteiger charge is 2.21. The molecule has 0 radical (unpaired) electrons. The van der Waals surface area contributed by atoms with Crippen LogP contribution < -0.4 is 21.1 Å². The number of halogens is 1. The Morgan fingerprint density at radius 2 is 2.08 bits per heavy atom. The number of rotatable bonds is 9. The number of benzene rings is 1. The fourth-order valence-corrected chi connectivity index (χ4v) is 2.56. The number of methoxy groups -OCH3 is 1. The van der Waals surface area contributed by atoms with E-state index >= 15 is 0 Å². The molecule has 138 valence electrons. The monoisotopic (exact) mass is 389 g/mol. The van der Waals surface area contributed by atoms with E-state index < -0.39 is 30.6 Å². The van der Waals surface area contributed by atoms with Gasteiger partial charge < -0.3 is 25.8 Å². The number of nitrogens with two attached hydrogens (primary N) is 1. The van der Waals surface area contributed by atoms with Gasteiger partial charge in [-0.05, 0) is 36.6 Å². The second-order valence-electron chi connectivity index (χ2n) is 4.85. The Balaban J connectivity index is 2.54. The van der Waals surface area contributed by atoms with E-state index in [0.29, 0.717) is 28.6 Å². The standard InChI is InChI=1S/C15H20ClN3O5S/c1-23-12-4-3-9(7-10(12)16)18-13(20)8-24-14(21)11(5-6-25-2)19-15(17)22/h3-4,7,11H,5-6,8H2,1-2H3,(H,18,20)(H3,17,19,22)/t11-/m0/s1. The van der Waals surface area contributed by atoms with Gasteiger partial charge in [0.2, 0.25) is 0 Å². The lowest BCUT2D eigenvalue weighted by molar-refractivity contribution is -0.149. The predicted octanol–water partition coefficient (Wildman–Crippen LogP) is 1.62. The first-order chi connectivity index (χ1) is 11.9. The van der Waals surface area contributed by atoms with Crippen molar-refractivity contribution in [1.82, 2.24) is 5.32 Å². The summed E-state index contributed by atoms with van der Waals surface area (Å²) < 4.78 is 9.94. The number of esters is 1. The molecule has 8 nitrogen and oxygen atoms in total. The summed E-state index contributed by atoms with van der Waals surface area (Å²) in [6.07, 6.45) is 2.21. The molecule has 0 aliphatic heterocycles. The van der Waals surface area contributed by atoms with Crippen LogP contribution in [-0.2, 0) is 14.3 Å². The lowest BCUT2D eigenvalue weighted by Crippen LogP contribution is -2.45. The number of hydrogen-bond donors (Lipinski definition) is 3. The number of primary amides is 1. The third-order valence-corrected chi connectivity index (χ3v) is 3.93. The number of carbonyl (C=O) groups is 3. The highest BCUT2D eigenvalue weighted by molar-refractivity contribution is 7.98. The summed E-state index contributed by atoms with van der Waals surface area (Å²) in [4.78, 5) is 34.8. The van der Waals surface area contributed by atoms with Gasteiger partial charge in [-0.3, -0.25) is 4.79 Å². The molecule has 0 fully saturated rings. The molecule has 1 aromatic rings. The predicted molar refractivity (Wildman–Crippen MR) is 97.1 cm³/mol. The molecule has 0 spiro atoms. The molecule has 0 bridgehead atoms. The molecular weight excluding hydrogens is 370 g/mol. The molecule has 0 aromatic heterocycles.